The third-order valence-electron chi connectivity index (χ3n) is 9.08. The summed E-state index contributed by atoms with van der Waals surface area (Å²) in [5.74, 6) is -0.966. The van der Waals surface area contributed by atoms with Gasteiger partial charge in [0.1, 0.15) is 29.9 Å². The lowest BCUT2D eigenvalue weighted by Crippen LogP contribution is -2.43. The van der Waals surface area contributed by atoms with Crippen molar-refractivity contribution in [2.45, 2.75) is 37.4 Å². The summed E-state index contributed by atoms with van der Waals surface area (Å²) < 4.78 is 78.1. The maximum atomic E-state index is 16.7. The second-order valence-corrected chi connectivity index (χ2v) is 15.4. The fourth-order valence-electron chi connectivity index (χ4n) is 6.99. The van der Waals surface area contributed by atoms with Crippen LogP contribution in [0.15, 0.2) is 18.2 Å². The van der Waals surface area contributed by atoms with E-state index in [4.69, 9.17) is 27.1 Å². The molecule has 0 saturated carbocycles. The summed E-state index contributed by atoms with van der Waals surface area (Å²) in [7, 11) is -3.41. The maximum absolute atomic E-state index is 16.7. The molecule has 7 rings (SSSR count). The quantitative estimate of drug-likeness (QED) is 0.305. The summed E-state index contributed by atoms with van der Waals surface area (Å²) in [5, 5.41) is 0.468. The lowest BCUT2D eigenvalue weighted by Gasteiger charge is -2.31. The minimum Gasteiger partial charge on any atom is -0.461 e. The summed E-state index contributed by atoms with van der Waals surface area (Å²) in [6.07, 6.45) is 2.77. The Balaban J connectivity index is 1.35. The van der Waals surface area contributed by atoms with Gasteiger partial charge in [-0.1, -0.05) is 22.9 Å². The van der Waals surface area contributed by atoms with Crippen LogP contribution >= 0.6 is 22.9 Å². The van der Waals surface area contributed by atoms with Crippen LogP contribution in [0.5, 0.6) is 6.01 Å². The van der Waals surface area contributed by atoms with Crippen LogP contribution in [0.4, 0.5) is 24.1 Å². The molecule has 3 aliphatic rings. The molecule has 2 N–H and O–H groups in total. The van der Waals surface area contributed by atoms with Crippen LogP contribution in [-0.4, -0.2) is 96.4 Å². The number of sulfonamides is 1. The van der Waals surface area contributed by atoms with E-state index in [2.05, 4.69) is 14.9 Å². The molecule has 4 aromatic rings. The lowest BCUT2D eigenvalue weighted by atomic mass is 9.95. The van der Waals surface area contributed by atoms with E-state index in [1.54, 1.807) is 6.07 Å². The molecule has 2 atom stereocenters. The van der Waals surface area contributed by atoms with E-state index < -0.39 is 33.4 Å². The molecule has 16 heteroatoms. The van der Waals surface area contributed by atoms with Crippen molar-refractivity contribution in [1.82, 2.24) is 24.2 Å². The first kappa shape index (κ1) is 30.7. The third kappa shape index (κ3) is 5.45. The Bertz CT molecular complexity index is 1930. The van der Waals surface area contributed by atoms with Crippen molar-refractivity contribution in [2.75, 3.05) is 62.8 Å². The molecule has 5 heterocycles. The fraction of sp³-hybridized carbons (Fsp3) is 0.483. The number of fused-ring (bicyclic) bond motifs is 3. The van der Waals surface area contributed by atoms with Gasteiger partial charge in [-0.25, -0.2) is 30.9 Å². The Morgan fingerprint density at radius 3 is 2.73 bits per heavy atom. The predicted molar refractivity (Wildman–Crippen MR) is 169 cm³/mol. The maximum Gasteiger partial charge on any atom is 0.319 e. The summed E-state index contributed by atoms with van der Waals surface area (Å²) >= 11 is 7.71. The van der Waals surface area contributed by atoms with Gasteiger partial charge in [-0.2, -0.15) is 9.97 Å². The van der Waals surface area contributed by atoms with Crippen LogP contribution in [0.1, 0.15) is 25.7 Å². The molecule has 0 spiro atoms. The van der Waals surface area contributed by atoms with Crippen LogP contribution in [0.3, 0.4) is 0 Å². The number of hydrogen-bond acceptors (Lipinski definition) is 10. The van der Waals surface area contributed by atoms with Crippen molar-refractivity contribution < 1.29 is 26.3 Å². The first-order chi connectivity index (χ1) is 21.4. The molecule has 45 heavy (non-hydrogen) atoms. The number of ether oxygens (including phenoxy) is 1. The number of halogens is 4. The van der Waals surface area contributed by atoms with Crippen molar-refractivity contribution in [3.63, 3.8) is 0 Å². The number of benzene rings is 2. The zero-order valence-electron chi connectivity index (χ0n) is 24.4. The number of nitrogen functional groups attached to an aromatic ring is 1. The molecule has 3 saturated heterocycles. The van der Waals surface area contributed by atoms with Gasteiger partial charge in [-0.3, -0.25) is 4.90 Å². The summed E-state index contributed by atoms with van der Waals surface area (Å²) in [5.41, 5.74) is 5.73. The standard InChI is InChI=1S/C29H31ClF3N7O3S2/c1-45(41,42)40-9-3-7-38(10-11-40)26-18-12-19(30)21(17-4-5-20(32)25-24(17)35-27(34)44-25)22(33)23(18)36-28(37-26)43-15-29-6-2-8-39(29)14-16(31)13-29/h4-5,12,16H,2-3,6-11,13-15H2,1H3,(H2,34,35)/t16-,29+/m1/s1. The van der Waals surface area contributed by atoms with Crippen molar-refractivity contribution in [2.24, 2.45) is 0 Å². The molecule has 240 valence electrons. The Morgan fingerprint density at radius 1 is 1.11 bits per heavy atom. The van der Waals surface area contributed by atoms with Crippen molar-refractivity contribution in [1.29, 1.82) is 0 Å². The van der Waals surface area contributed by atoms with Gasteiger partial charge < -0.3 is 15.4 Å². The first-order valence-electron chi connectivity index (χ1n) is 14.7. The average molecular weight is 682 g/mol. The minimum absolute atomic E-state index is 0.0224. The van der Waals surface area contributed by atoms with Gasteiger partial charge >= 0.3 is 6.01 Å². The van der Waals surface area contributed by atoms with Crippen molar-refractivity contribution in [3.05, 3.63) is 34.9 Å². The average Bonchev–Trinajstić information content (AvgIpc) is 3.57. The van der Waals surface area contributed by atoms with Gasteiger partial charge in [0.05, 0.1) is 27.0 Å². The van der Waals surface area contributed by atoms with E-state index in [0.717, 1.165) is 30.7 Å². The number of alkyl halides is 1. The highest BCUT2D eigenvalue weighted by Crippen LogP contribution is 2.44. The number of hydrogen-bond donors (Lipinski definition) is 1. The van der Waals surface area contributed by atoms with Gasteiger partial charge in [0.2, 0.25) is 10.0 Å². The normalized spacial score (nSPS) is 23.2. The monoisotopic (exact) mass is 681 g/mol. The minimum atomic E-state index is -3.41. The predicted octanol–water partition coefficient (Wildman–Crippen LogP) is 4.85. The van der Waals surface area contributed by atoms with Crippen molar-refractivity contribution >= 4 is 65.0 Å². The van der Waals surface area contributed by atoms with E-state index in [0.29, 0.717) is 43.7 Å². The van der Waals surface area contributed by atoms with Crippen LogP contribution in [-0.2, 0) is 10.0 Å². The Hall–Kier alpha value is -2.98. The Morgan fingerprint density at radius 2 is 1.93 bits per heavy atom. The van der Waals surface area contributed by atoms with E-state index in [9.17, 15) is 17.2 Å². The molecule has 0 amide bonds. The highest BCUT2D eigenvalue weighted by atomic mass is 35.5. The largest absolute Gasteiger partial charge is 0.461 e. The molecule has 3 aliphatic heterocycles. The molecule has 2 aromatic heterocycles. The molecule has 0 aliphatic carbocycles. The SMILES string of the molecule is CS(=O)(=O)N1CCCN(c2nc(OC[C@@]34CCCN3C[C@H](F)C4)nc3c(F)c(-c4ccc(F)c5sc(N)nc45)c(Cl)cc23)CC1. The zero-order chi connectivity index (χ0) is 31.7. The van der Waals surface area contributed by atoms with Crippen LogP contribution in [0.25, 0.3) is 32.2 Å². The third-order valence-corrected chi connectivity index (χ3v) is 11.6. The van der Waals surface area contributed by atoms with Crippen molar-refractivity contribution in [3.8, 4) is 17.1 Å². The second-order valence-electron chi connectivity index (χ2n) is 12.0. The molecule has 0 unspecified atom stereocenters. The molecule has 0 radical (unpaired) electrons. The smallest absolute Gasteiger partial charge is 0.319 e. The first-order valence-corrected chi connectivity index (χ1v) is 17.7. The number of nitrogens with zero attached hydrogens (tertiary/aromatic N) is 6. The second kappa shape index (κ2) is 11.4. The Kier molecular flexibility index (Phi) is 7.75. The lowest BCUT2D eigenvalue weighted by molar-refractivity contribution is 0.107. The van der Waals surface area contributed by atoms with Gasteiger partial charge in [-0.15, -0.1) is 0 Å². The molecular weight excluding hydrogens is 651 g/mol. The number of thiazole rings is 1. The summed E-state index contributed by atoms with van der Waals surface area (Å²) in [4.78, 5) is 17.4. The topological polar surface area (TPSA) is 118 Å². The molecule has 10 nitrogen and oxygen atoms in total. The highest BCUT2D eigenvalue weighted by molar-refractivity contribution is 7.88. The van der Waals surface area contributed by atoms with E-state index in [1.807, 2.05) is 4.90 Å². The number of nitrogens with two attached hydrogens (primary N) is 1. The number of rotatable bonds is 6. The molecule has 3 fully saturated rings. The zero-order valence-corrected chi connectivity index (χ0v) is 26.8. The van der Waals surface area contributed by atoms with Gasteiger partial charge in [0, 0.05) is 55.7 Å². The Labute approximate surface area is 267 Å². The van der Waals surface area contributed by atoms with E-state index >= 15 is 4.39 Å². The van der Waals surface area contributed by atoms with E-state index in [-0.39, 0.29) is 62.7 Å². The van der Waals surface area contributed by atoms with Crippen LogP contribution in [0, 0.1) is 11.6 Å². The summed E-state index contributed by atoms with van der Waals surface area (Å²) in [6.45, 7) is 2.54. The molecule has 2 aromatic carbocycles. The van der Waals surface area contributed by atoms with Gasteiger partial charge in [0.15, 0.2) is 10.9 Å². The number of anilines is 2. The highest BCUT2D eigenvalue weighted by Gasteiger charge is 2.49. The molecular formula is C29H31ClF3N7O3S2. The fourth-order valence-corrected chi connectivity index (χ4v) is 8.92. The number of aromatic nitrogens is 3. The molecule has 0 bridgehead atoms. The van der Waals surface area contributed by atoms with Gasteiger partial charge in [0.25, 0.3) is 0 Å². The van der Waals surface area contributed by atoms with Crippen LogP contribution < -0.4 is 15.4 Å². The summed E-state index contributed by atoms with van der Waals surface area (Å²) in [6, 6.07) is 4.09. The van der Waals surface area contributed by atoms with Gasteiger partial charge in [-0.05, 0) is 44.0 Å². The van der Waals surface area contributed by atoms with E-state index in [1.165, 1.54) is 22.7 Å². The van der Waals surface area contributed by atoms with Crippen LogP contribution in [0.2, 0.25) is 5.02 Å².